The second-order valence-electron chi connectivity index (χ2n) is 8.67. The van der Waals surface area contributed by atoms with Gasteiger partial charge in [-0.2, -0.15) is 0 Å². The van der Waals surface area contributed by atoms with Crippen LogP contribution < -0.4 is 21.3 Å². The van der Waals surface area contributed by atoms with Crippen LogP contribution in [0.1, 0.15) is 41.9 Å². The van der Waals surface area contributed by atoms with E-state index < -0.39 is 29.1 Å². The molecule has 0 aliphatic carbocycles. The van der Waals surface area contributed by atoms with E-state index in [2.05, 4.69) is 15.3 Å². The fourth-order valence-corrected chi connectivity index (χ4v) is 4.08. The first kappa shape index (κ1) is 28.9. The summed E-state index contributed by atoms with van der Waals surface area (Å²) in [4.78, 5) is 33.9. The highest BCUT2D eigenvalue weighted by molar-refractivity contribution is 8.14. The Labute approximate surface area is 222 Å². The number of halogens is 2. The van der Waals surface area contributed by atoms with Gasteiger partial charge in [-0.05, 0) is 44.5 Å². The van der Waals surface area contributed by atoms with Gasteiger partial charge in [0.25, 0.3) is 17.9 Å². The number of nitrogens with zero attached hydrogens (tertiary/aromatic N) is 3. The molecule has 1 atom stereocenters. The highest BCUT2D eigenvalue weighted by atomic mass is 32.2. The number of pyridine rings is 3. The Hall–Kier alpha value is -3.68. The summed E-state index contributed by atoms with van der Waals surface area (Å²) in [6, 6.07) is 5.66. The summed E-state index contributed by atoms with van der Waals surface area (Å²) < 4.78 is 38.9. The van der Waals surface area contributed by atoms with E-state index in [9.17, 15) is 18.4 Å². The number of carbonyl (C=O) groups is 1. The van der Waals surface area contributed by atoms with Crippen molar-refractivity contribution >= 4 is 22.7 Å². The van der Waals surface area contributed by atoms with Crippen molar-refractivity contribution in [3.05, 3.63) is 70.0 Å². The maximum atomic E-state index is 13.5. The van der Waals surface area contributed by atoms with E-state index in [1.807, 2.05) is 0 Å². The van der Waals surface area contributed by atoms with Gasteiger partial charge in [0.05, 0.1) is 23.9 Å². The number of carbonyl (C=O) groups excluding carboxylic acids is 1. The molecule has 0 spiro atoms. The van der Waals surface area contributed by atoms with E-state index in [1.165, 1.54) is 43.3 Å². The SMILES string of the molecule is COc1cnc(C(F)F)cc1-c1cc(-n2ccc(C)cc2=O)ncc1C(=O)NC(N)SC(=N)C(C)(C)OC. The number of aryl methyl sites for hydroxylation is 1. The van der Waals surface area contributed by atoms with Crippen molar-refractivity contribution in [1.82, 2.24) is 19.9 Å². The quantitative estimate of drug-likeness (QED) is 0.209. The molecule has 0 saturated carbocycles. The Morgan fingerprint density at radius 1 is 1.18 bits per heavy atom. The fourth-order valence-electron chi connectivity index (χ4n) is 3.30. The van der Waals surface area contributed by atoms with Gasteiger partial charge < -0.3 is 20.5 Å². The summed E-state index contributed by atoms with van der Waals surface area (Å²) in [5.41, 5.74) is 4.24. The molecular formula is C25H28F2N6O4S. The number of ether oxygens (including phenoxy) is 2. The van der Waals surface area contributed by atoms with Gasteiger partial charge >= 0.3 is 0 Å². The predicted molar refractivity (Wildman–Crippen MR) is 141 cm³/mol. The molecule has 0 bridgehead atoms. The first-order chi connectivity index (χ1) is 17.9. The molecule has 1 unspecified atom stereocenters. The van der Waals surface area contributed by atoms with Crippen molar-refractivity contribution in [2.45, 2.75) is 38.3 Å². The molecular weight excluding hydrogens is 518 g/mol. The van der Waals surface area contributed by atoms with Gasteiger partial charge in [-0.3, -0.25) is 24.5 Å². The maximum Gasteiger partial charge on any atom is 0.280 e. The molecule has 0 aromatic carbocycles. The van der Waals surface area contributed by atoms with E-state index in [0.29, 0.717) is 0 Å². The van der Waals surface area contributed by atoms with Crippen LogP contribution in [0.3, 0.4) is 0 Å². The standard InChI is InChI=1S/C25H28F2N6O4S/c1-13-6-7-33(20(34)8-13)19-10-14(15-9-17(21(26)27)30-12-18(15)36-4)16(11-31-19)22(35)32-24(29)38-23(28)25(2,3)37-5/h6-12,21,24,28H,29H2,1-5H3,(H,32,35). The summed E-state index contributed by atoms with van der Waals surface area (Å²) >= 11 is 0.878. The topological polar surface area (TPSA) is 145 Å². The van der Waals surface area contributed by atoms with Crippen molar-refractivity contribution in [2.75, 3.05) is 14.2 Å². The Bertz CT molecular complexity index is 1410. The highest BCUT2D eigenvalue weighted by Crippen LogP contribution is 2.35. The number of amides is 1. The van der Waals surface area contributed by atoms with Crippen molar-refractivity contribution < 1.29 is 23.0 Å². The van der Waals surface area contributed by atoms with Gasteiger partial charge in [-0.25, -0.2) is 13.8 Å². The van der Waals surface area contributed by atoms with Crippen LogP contribution in [0, 0.1) is 12.3 Å². The predicted octanol–water partition coefficient (Wildman–Crippen LogP) is 3.66. The molecule has 202 valence electrons. The van der Waals surface area contributed by atoms with Gasteiger partial charge in [0.1, 0.15) is 28.4 Å². The summed E-state index contributed by atoms with van der Waals surface area (Å²) in [5, 5.41) is 10.9. The number of nitrogens with two attached hydrogens (primary N) is 1. The minimum absolute atomic E-state index is 0.0211. The molecule has 0 aliphatic rings. The number of aromatic nitrogens is 3. The molecule has 3 aromatic heterocycles. The van der Waals surface area contributed by atoms with E-state index in [1.54, 1.807) is 26.8 Å². The maximum absolute atomic E-state index is 13.5. The number of thioether (sulfide) groups is 1. The van der Waals surface area contributed by atoms with Crippen LogP contribution in [-0.2, 0) is 4.74 Å². The first-order valence-corrected chi connectivity index (χ1v) is 12.2. The Morgan fingerprint density at radius 2 is 1.89 bits per heavy atom. The molecule has 38 heavy (non-hydrogen) atoms. The van der Waals surface area contributed by atoms with Crippen LogP contribution in [-0.4, -0.2) is 50.8 Å². The van der Waals surface area contributed by atoms with Crippen LogP contribution in [0.2, 0.25) is 0 Å². The van der Waals surface area contributed by atoms with Gasteiger partial charge in [-0.15, -0.1) is 0 Å². The monoisotopic (exact) mass is 546 g/mol. The lowest BCUT2D eigenvalue weighted by atomic mass is 10.00. The van der Waals surface area contributed by atoms with Crippen LogP contribution in [0.5, 0.6) is 5.75 Å². The summed E-state index contributed by atoms with van der Waals surface area (Å²) in [6.07, 6.45) is 0.994. The Kier molecular flexibility index (Phi) is 8.97. The van der Waals surface area contributed by atoms with Crippen molar-refractivity contribution in [3.8, 4) is 22.7 Å². The molecule has 0 radical (unpaired) electrons. The third-order valence-corrected chi connectivity index (χ3v) is 6.75. The van der Waals surface area contributed by atoms with Crippen LogP contribution in [0.4, 0.5) is 8.78 Å². The second-order valence-corrected chi connectivity index (χ2v) is 9.82. The normalized spacial score (nSPS) is 12.3. The number of rotatable bonds is 9. The third kappa shape index (κ3) is 6.41. The van der Waals surface area contributed by atoms with Gasteiger partial charge in [0, 0.05) is 36.7 Å². The van der Waals surface area contributed by atoms with Gasteiger partial charge in [0.2, 0.25) is 0 Å². The Morgan fingerprint density at radius 3 is 2.50 bits per heavy atom. The molecule has 3 rings (SSSR count). The summed E-state index contributed by atoms with van der Waals surface area (Å²) in [5.74, 6) is -0.406. The zero-order chi connectivity index (χ0) is 28.2. The van der Waals surface area contributed by atoms with Crippen molar-refractivity contribution in [3.63, 3.8) is 0 Å². The zero-order valence-electron chi connectivity index (χ0n) is 21.4. The number of hydrogen-bond donors (Lipinski definition) is 3. The first-order valence-electron chi connectivity index (χ1n) is 11.3. The molecule has 0 saturated heterocycles. The third-order valence-electron chi connectivity index (χ3n) is 5.65. The van der Waals surface area contributed by atoms with Crippen molar-refractivity contribution in [2.24, 2.45) is 5.73 Å². The average Bonchev–Trinajstić information content (AvgIpc) is 2.87. The lowest BCUT2D eigenvalue weighted by Gasteiger charge is -2.25. The minimum atomic E-state index is -2.88. The smallest absolute Gasteiger partial charge is 0.280 e. The largest absolute Gasteiger partial charge is 0.494 e. The zero-order valence-corrected chi connectivity index (χ0v) is 22.2. The van der Waals surface area contributed by atoms with E-state index in [4.69, 9.17) is 20.6 Å². The lowest BCUT2D eigenvalue weighted by molar-refractivity contribution is 0.0848. The van der Waals surface area contributed by atoms with Gasteiger partial charge in [-0.1, -0.05) is 11.8 Å². The lowest BCUT2D eigenvalue weighted by Crippen LogP contribution is -2.43. The molecule has 4 N–H and O–H groups in total. The van der Waals surface area contributed by atoms with E-state index in [0.717, 1.165) is 29.6 Å². The number of alkyl halides is 2. The van der Waals surface area contributed by atoms with Crippen LogP contribution in [0.15, 0.2) is 47.7 Å². The molecule has 1 amide bonds. The van der Waals surface area contributed by atoms with Crippen molar-refractivity contribution in [1.29, 1.82) is 5.41 Å². The molecule has 10 nitrogen and oxygen atoms in total. The number of nitrogens with one attached hydrogen (secondary N) is 2. The number of methoxy groups -OCH3 is 2. The summed E-state index contributed by atoms with van der Waals surface area (Å²) in [7, 11) is 2.79. The molecule has 13 heteroatoms. The molecule has 3 aromatic rings. The second kappa shape index (κ2) is 11.8. The van der Waals surface area contributed by atoms with Crippen LogP contribution in [0.25, 0.3) is 16.9 Å². The van der Waals surface area contributed by atoms with E-state index >= 15 is 0 Å². The van der Waals surface area contributed by atoms with Crippen LogP contribution >= 0.6 is 11.8 Å². The van der Waals surface area contributed by atoms with Gasteiger partial charge in [0.15, 0.2) is 0 Å². The average molecular weight is 547 g/mol. The molecule has 0 fully saturated rings. The summed E-state index contributed by atoms with van der Waals surface area (Å²) in [6.45, 7) is 5.13. The highest BCUT2D eigenvalue weighted by Gasteiger charge is 2.27. The molecule has 0 aliphatic heterocycles. The van der Waals surface area contributed by atoms with E-state index in [-0.39, 0.29) is 38.9 Å². The minimum Gasteiger partial charge on any atom is -0.494 e. The Balaban J connectivity index is 2.11. The fraction of sp³-hybridized carbons (Fsp3) is 0.320. The molecule has 3 heterocycles. The number of hydrogen-bond acceptors (Lipinski definition) is 9.